The molecule has 1 aromatic heterocycles. The monoisotopic (exact) mass is 199 g/mol. The van der Waals surface area contributed by atoms with Crippen molar-refractivity contribution in [3.63, 3.8) is 0 Å². The normalized spacial score (nSPS) is 10.3. The average molecular weight is 200 g/mol. The van der Waals surface area contributed by atoms with Crippen LogP contribution in [0.25, 0.3) is 0 Å². The standard InChI is InChI=1S/C11H17N.ClH/c1-8(2)10-6-5-7-11(12-10)9(3)4;/h5-9H,1-4H3;1H. The van der Waals surface area contributed by atoms with Crippen molar-refractivity contribution in [2.75, 3.05) is 0 Å². The Labute approximate surface area is 87.0 Å². The fourth-order valence-electron chi connectivity index (χ4n) is 1.11. The van der Waals surface area contributed by atoms with Gasteiger partial charge in [0.15, 0.2) is 0 Å². The largest absolute Gasteiger partial charge is 0.257 e. The van der Waals surface area contributed by atoms with Gasteiger partial charge in [0.05, 0.1) is 0 Å². The van der Waals surface area contributed by atoms with E-state index in [0.29, 0.717) is 11.8 Å². The number of hydrogen-bond acceptors (Lipinski definition) is 1. The molecule has 0 atom stereocenters. The first kappa shape index (κ1) is 12.4. The van der Waals surface area contributed by atoms with E-state index >= 15 is 0 Å². The van der Waals surface area contributed by atoms with Crippen molar-refractivity contribution in [1.82, 2.24) is 4.98 Å². The van der Waals surface area contributed by atoms with Crippen LogP contribution in [0.15, 0.2) is 18.2 Å². The molecule has 1 rings (SSSR count). The summed E-state index contributed by atoms with van der Waals surface area (Å²) in [6.07, 6.45) is 0. The van der Waals surface area contributed by atoms with Gasteiger partial charge in [0.1, 0.15) is 0 Å². The third-order valence-corrected chi connectivity index (χ3v) is 1.98. The molecule has 0 unspecified atom stereocenters. The van der Waals surface area contributed by atoms with Crippen molar-refractivity contribution in [2.45, 2.75) is 39.5 Å². The third-order valence-electron chi connectivity index (χ3n) is 1.98. The van der Waals surface area contributed by atoms with Gasteiger partial charge in [-0.1, -0.05) is 33.8 Å². The molecule has 0 bridgehead atoms. The van der Waals surface area contributed by atoms with Gasteiger partial charge in [0, 0.05) is 11.4 Å². The first-order valence-electron chi connectivity index (χ1n) is 4.58. The molecule has 0 aliphatic rings. The molecule has 0 aromatic carbocycles. The van der Waals surface area contributed by atoms with Crippen molar-refractivity contribution in [3.8, 4) is 0 Å². The first-order chi connectivity index (χ1) is 5.61. The highest BCUT2D eigenvalue weighted by Crippen LogP contribution is 2.16. The van der Waals surface area contributed by atoms with E-state index in [1.807, 2.05) is 0 Å². The molecule has 0 aliphatic heterocycles. The van der Waals surface area contributed by atoms with E-state index in [0.717, 1.165) is 0 Å². The number of aromatic nitrogens is 1. The molecule has 1 nitrogen and oxygen atoms in total. The van der Waals surface area contributed by atoms with Gasteiger partial charge in [0.25, 0.3) is 0 Å². The van der Waals surface area contributed by atoms with E-state index in [1.54, 1.807) is 0 Å². The molecule has 0 saturated carbocycles. The Morgan fingerprint density at radius 1 is 0.923 bits per heavy atom. The zero-order valence-electron chi connectivity index (χ0n) is 8.74. The van der Waals surface area contributed by atoms with E-state index in [9.17, 15) is 0 Å². The van der Waals surface area contributed by atoms with Crippen LogP contribution < -0.4 is 0 Å². The maximum absolute atomic E-state index is 4.57. The molecule has 0 spiro atoms. The summed E-state index contributed by atoms with van der Waals surface area (Å²) < 4.78 is 0. The van der Waals surface area contributed by atoms with Crippen molar-refractivity contribution in [1.29, 1.82) is 0 Å². The Kier molecular flexibility index (Phi) is 5.01. The van der Waals surface area contributed by atoms with E-state index < -0.39 is 0 Å². The Bertz CT molecular complexity index is 233. The van der Waals surface area contributed by atoms with Crippen LogP contribution in [0.1, 0.15) is 50.9 Å². The van der Waals surface area contributed by atoms with Crippen molar-refractivity contribution >= 4 is 12.4 Å². The molecule has 1 aromatic rings. The van der Waals surface area contributed by atoms with Gasteiger partial charge in [-0.25, -0.2) is 0 Å². The molecule has 0 N–H and O–H groups in total. The fourth-order valence-corrected chi connectivity index (χ4v) is 1.11. The third kappa shape index (κ3) is 3.35. The van der Waals surface area contributed by atoms with Gasteiger partial charge >= 0.3 is 0 Å². The summed E-state index contributed by atoms with van der Waals surface area (Å²) in [5, 5.41) is 0. The second-order valence-corrected chi connectivity index (χ2v) is 3.80. The molecule has 0 amide bonds. The quantitative estimate of drug-likeness (QED) is 0.707. The van der Waals surface area contributed by atoms with E-state index in [-0.39, 0.29) is 12.4 Å². The van der Waals surface area contributed by atoms with Gasteiger partial charge < -0.3 is 0 Å². The number of rotatable bonds is 2. The number of nitrogens with zero attached hydrogens (tertiary/aromatic N) is 1. The summed E-state index contributed by atoms with van der Waals surface area (Å²) >= 11 is 0. The van der Waals surface area contributed by atoms with Crippen LogP contribution in [-0.4, -0.2) is 4.98 Å². The van der Waals surface area contributed by atoms with E-state index in [2.05, 4.69) is 50.9 Å². The van der Waals surface area contributed by atoms with Gasteiger partial charge in [0.2, 0.25) is 0 Å². The summed E-state index contributed by atoms with van der Waals surface area (Å²) in [7, 11) is 0. The average Bonchev–Trinajstić information content (AvgIpc) is 2.04. The Morgan fingerprint density at radius 3 is 1.62 bits per heavy atom. The molecule has 74 valence electrons. The van der Waals surface area contributed by atoms with Crippen LogP contribution in [0.2, 0.25) is 0 Å². The predicted molar refractivity (Wildman–Crippen MR) is 59.7 cm³/mol. The molecule has 1 heterocycles. The van der Waals surface area contributed by atoms with Crippen molar-refractivity contribution in [3.05, 3.63) is 29.6 Å². The second-order valence-electron chi connectivity index (χ2n) is 3.80. The fraction of sp³-hybridized carbons (Fsp3) is 0.545. The lowest BCUT2D eigenvalue weighted by atomic mass is 10.1. The number of pyridine rings is 1. The highest BCUT2D eigenvalue weighted by atomic mass is 35.5. The SMILES string of the molecule is CC(C)c1cccc(C(C)C)n1.Cl. The minimum absolute atomic E-state index is 0. The topological polar surface area (TPSA) is 12.9 Å². The summed E-state index contributed by atoms with van der Waals surface area (Å²) in [6, 6.07) is 6.28. The zero-order valence-corrected chi connectivity index (χ0v) is 9.56. The van der Waals surface area contributed by atoms with Crippen LogP contribution in [0, 0.1) is 0 Å². The van der Waals surface area contributed by atoms with Gasteiger partial charge in [-0.3, -0.25) is 4.98 Å². The molecular weight excluding hydrogens is 182 g/mol. The van der Waals surface area contributed by atoms with Crippen molar-refractivity contribution < 1.29 is 0 Å². The highest BCUT2D eigenvalue weighted by molar-refractivity contribution is 5.85. The van der Waals surface area contributed by atoms with Crippen LogP contribution in [-0.2, 0) is 0 Å². The lowest BCUT2D eigenvalue weighted by Crippen LogP contribution is -1.98. The van der Waals surface area contributed by atoms with Crippen LogP contribution in [0.3, 0.4) is 0 Å². The van der Waals surface area contributed by atoms with Gasteiger partial charge in [-0.15, -0.1) is 12.4 Å². The van der Waals surface area contributed by atoms with Crippen molar-refractivity contribution in [2.24, 2.45) is 0 Å². The minimum atomic E-state index is 0. The molecule has 2 heteroatoms. The van der Waals surface area contributed by atoms with Crippen LogP contribution >= 0.6 is 12.4 Å². The molecule has 13 heavy (non-hydrogen) atoms. The van der Waals surface area contributed by atoms with Crippen LogP contribution in [0.5, 0.6) is 0 Å². The summed E-state index contributed by atoms with van der Waals surface area (Å²) in [5.41, 5.74) is 2.39. The van der Waals surface area contributed by atoms with Crippen LogP contribution in [0.4, 0.5) is 0 Å². The molecule has 0 saturated heterocycles. The number of halogens is 1. The minimum Gasteiger partial charge on any atom is -0.257 e. The highest BCUT2D eigenvalue weighted by Gasteiger charge is 2.03. The lowest BCUT2D eigenvalue weighted by Gasteiger charge is -2.08. The first-order valence-corrected chi connectivity index (χ1v) is 4.58. The maximum atomic E-state index is 4.57. The van der Waals surface area contributed by atoms with E-state index in [4.69, 9.17) is 0 Å². The molecule has 0 aliphatic carbocycles. The molecule has 0 fully saturated rings. The Hall–Kier alpha value is -0.560. The smallest absolute Gasteiger partial charge is 0.0432 e. The van der Waals surface area contributed by atoms with Gasteiger partial charge in [-0.2, -0.15) is 0 Å². The van der Waals surface area contributed by atoms with Gasteiger partial charge in [-0.05, 0) is 24.0 Å². The van der Waals surface area contributed by atoms with E-state index in [1.165, 1.54) is 11.4 Å². The Morgan fingerprint density at radius 2 is 1.31 bits per heavy atom. The molecular formula is C11H18ClN. The predicted octanol–water partition coefficient (Wildman–Crippen LogP) is 3.75. The zero-order chi connectivity index (χ0) is 9.14. The number of hydrogen-bond donors (Lipinski definition) is 0. The summed E-state index contributed by atoms with van der Waals surface area (Å²) in [4.78, 5) is 4.57. The maximum Gasteiger partial charge on any atom is 0.0432 e. The summed E-state index contributed by atoms with van der Waals surface area (Å²) in [6.45, 7) is 8.69. The molecule has 0 radical (unpaired) electrons. The lowest BCUT2D eigenvalue weighted by molar-refractivity contribution is 0.765. The summed E-state index contributed by atoms with van der Waals surface area (Å²) in [5.74, 6) is 1.06. The Balaban J connectivity index is 0.00000144. The second kappa shape index (κ2) is 5.23.